The number of hydrogen-bond donors (Lipinski definition) is 0. The number of hydrogen-bond acceptors (Lipinski definition) is 0. The van der Waals surface area contributed by atoms with Crippen LogP contribution < -0.4 is 0 Å². The molecule has 0 aliphatic heterocycles. The third kappa shape index (κ3) is 3.45. The maximum Gasteiger partial charge on any atom is -0.0106 e. The molecule has 0 heterocycles. The molecule has 0 aromatic heterocycles. The van der Waals surface area contributed by atoms with E-state index in [1.54, 1.807) is 0 Å². The molecule has 1 rings (SSSR count). The van der Waals surface area contributed by atoms with Crippen molar-refractivity contribution in [1.82, 2.24) is 0 Å². The molecule has 0 unspecified atom stereocenters. The average Bonchev–Trinajstić information content (AvgIpc) is 2.25. The summed E-state index contributed by atoms with van der Waals surface area (Å²) in [6.07, 6.45) is 1.17. The van der Waals surface area contributed by atoms with Crippen LogP contribution in [0.15, 0.2) is 12.1 Å². The molecular weight excluding hydrogens is 240 g/mol. The Balaban J connectivity index is 3.68. The van der Waals surface area contributed by atoms with Crippen LogP contribution >= 0.6 is 0 Å². The Kier molecular flexibility index (Phi) is 4.49. The van der Waals surface area contributed by atoms with Gasteiger partial charge in [-0.1, -0.05) is 74.4 Å². The van der Waals surface area contributed by atoms with E-state index in [-0.39, 0.29) is 16.2 Å². The summed E-state index contributed by atoms with van der Waals surface area (Å²) in [4.78, 5) is 0. The molecule has 0 atom stereocenters. The van der Waals surface area contributed by atoms with Gasteiger partial charge in [-0.15, -0.1) is 0 Å². The van der Waals surface area contributed by atoms with Crippen LogP contribution in [-0.4, -0.2) is 0 Å². The first kappa shape index (κ1) is 17.3. The molecule has 0 aliphatic carbocycles. The zero-order valence-electron chi connectivity index (χ0n) is 15.4. The highest BCUT2D eigenvalue weighted by atomic mass is 14.3. The first-order valence-electron chi connectivity index (χ1n) is 7.97. The summed E-state index contributed by atoms with van der Waals surface area (Å²) in [7, 11) is 0. The fourth-order valence-electron chi connectivity index (χ4n) is 2.87. The van der Waals surface area contributed by atoms with Gasteiger partial charge in [0.25, 0.3) is 0 Å². The van der Waals surface area contributed by atoms with Crippen LogP contribution in [0.5, 0.6) is 0 Å². The maximum atomic E-state index is 2.45. The van der Waals surface area contributed by atoms with Crippen molar-refractivity contribution in [2.45, 2.75) is 91.9 Å². The smallest absolute Gasteiger partial charge is 0.0106 e. The zero-order valence-corrected chi connectivity index (χ0v) is 15.4. The SMILES string of the molecule is CCC(C)(C)c1cc(C(C)(C)C)c(C)c(C(C)(C)C)c1. The van der Waals surface area contributed by atoms with Crippen molar-refractivity contribution in [3.63, 3.8) is 0 Å². The van der Waals surface area contributed by atoms with Crippen molar-refractivity contribution < 1.29 is 0 Å². The van der Waals surface area contributed by atoms with E-state index in [0.29, 0.717) is 0 Å². The quantitative estimate of drug-likeness (QED) is 0.595. The van der Waals surface area contributed by atoms with Gasteiger partial charge in [-0.2, -0.15) is 0 Å². The molecule has 20 heavy (non-hydrogen) atoms. The summed E-state index contributed by atoms with van der Waals surface area (Å²) >= 11 is 0. The van der Waals surface area contributed by atoms with Crippen molar-refractivity contribution in [2.75, 3.05) is 0 Å². The molecule has 114 valence electrons. The van der Waals surface area contributed by atoms with Gasteiger partial charge in [-0.25, -0.2) is 0 Å². The Morgan fingerprint density at radius 3 is 1.35 bits per heavy atom. The maximum absolute atomic E-state index is 2.45. The minimum absolute atomic E-state index is 0.198. The normalized spacial score (nSPS) is 13.7. The lowest BCUT2D eigenvalue weighted by Gasteiger charge is -2.33. The van der Waals surface area contributed by atoms with Gasteiger partial charge in [-0.3, -0.25) is 0 Å². The Morgan fingerprint density at radius 2 is 1.10 bits per heavy atom. The second-order valence-corrected chi connectivity index (χ2v) is 8.93. The van der Waals surface area contributed by atoms with E-state index in [9.17, 15) is 0 Å². The summed E-state index contributed by atoms with van der Waals surface area (Å²) in [5.74, 6) is 0. The lowest BCUT2D eigenvalue weighted by Crippen LogP contribution is -2.24. The van der Waals surface area contributed by atoms with E-state index >= 15 is 0 Å². The molecule has 0 spiro atoms. The first-order valence-corrected chi connectivity index (χ1v) is 7.97. The zero-order chi connectivity index (χ0) is 15.9. The van der Waals surface area contributed by atoms with Gasteiger partial charge in [0.05, 0.1) is 0 Å². The second-order valence-electron chi connectivity index (χ2n) is 8.93. The minimum atomic E-state index is 0.198. The van der Waals surface area contributed by atoms with E-state index < -0.39 is 0 Å². The number of benzene rings is 1. The van der Waals surface area contributed by atoms with Crippen molar-refractivity contribution in [3.8, 4) is 0 Å². The van der Waals surface area contributed by atoms with E-state index in [0.717, 1.165) is 0 Å². The van der Waals surface area contributed by atoms with Gasteiger partial charge < -0.3 is 0 Å². The van der Waals surface area contributed by atoms with E-state index in [1.807, 2.05) is 0 Å². The fraction of sp³-hybridized carbons (Fsp3) is 0.700. The average molecular weight is 274 g/mol. The Bertz CT molecular complexity index is 441. The highest BCUT2D eigenvalue weighted by Gasteiger charge is 2.28. The third-order valence-electron chi connectivity index (χ3n) is 4.69. The molecule has 0 amide bonds. The van der Waals surface area contributed by atoms with Crippen molar-refractivity contribution in [3.05, 3.63) is 34.4 Å². The van der Waals surface area contributed by atoms with E-state index in [4.69, 9.17) is 0 Å². The lowest BCUT2D eigenvalue weighted by atomic mass is 9.72. The van der Waals surface area contributed by atoms with E-state index in [1.165, 1.54) is 28.7 Å². The summed E-state index contributed by atoms with van der Waals surface area (Å²) < 4.78 is 0. The third-order valence-corrected chi connectivity index (χ3v) is 4.69. The summed E-state index contributed by atoms with van der Waals surface area (Å²) in [6.45, 7) is 23.2. The fourth-order valence-corrected chi connectivity index (χ4v) is 2.87. The van der Waals surface area contributed by atoms with Gasteiger partial charge in [0.1, 0.15) is 0 Å². The molecule has 0 fully saturated rings. The number of rotatable bonds is 2. The summed E-state index contributed by atoms with van der Waals surface area (Å²) in [5.41, 5.74) is 6.60. The van der Waals surface area contributed by atoms with Gasteiger partial charge in [0.15, 0.2) is 0 Å². The van der Waals surface area contributed by atoms with Crippen molar-refractivity contribution >= 4 is 0 Å². The second kappa shape index (κ2) is 5.20. The van der Waals surface area contributed by atoms with Gasteiger partial charge in [0, 0.05) is 0 Å². The molecule has 0 saturated carbocycles. The predicted molar refractivity (Wildman–Crippen MR) is 91.9 cm³/mol. The standard InChI is InChI=1S/C20H34/c1-11-20(9,10)15-12-16(18(3,4)5)14(2)17(13-15)19(6,7)8/h12-13H,11H2,1-10H3. The van der Waals surface area contributed by atoms with Crippen LogP contribution in [0.3, 0.4) is 0 Å². The molecule has 1 aromatic rings. The van der Waals surface area contributed by atoms with Gasteiger partial charge in [0.2, 0.25) is 0 Å². The Hall–Kier alpha value is -0.780. The topological polar surface area (TPSA) is 0 Å². The molecular formula is C20H34. The molecule has 0 saturated heterocycles. The van der Waals surface area contributed by atoms with Crippen LogP contribution in [-0.2, 0) is 16.2 Å². The van der Waals surface area contributed by atoms with Gasteiger partial charge >= 0.3 is 0 Å². The molecule has 1 aromatic carbocycles. The molecule has 0 nitrogen and oxygen atoms in total. The Morgan fingerprint density at radius 1 is 0.750 bits per heavy atom. The lowest BCUT2D eigenvalue weighted by molar-refractivity contribution is 0.495. The largest absolute Gasteiger partial charge is 0.0646 e. The first-order chi connectivity index (χ1) is 8.80. The minimum Gasteiger partial charge on any atom is -0.0646 e. The Labute approximate surface area is 127 Å². The van der Waals surface area contributed by atoms with E-state index in [2.05, 4.69) is 81.4 Å². The van der Waals surface area contributed by atoms with Crippen LogP contribution in [0.4, 0.5) is 0 Å². The molecule has 0 N–H and O–H groups in total. The molecule has 0 aliphatic rings. The van der Waals surface area contributed by atoms with Crippen LogP contribution in [0.2, 0.25) is 0 Å². The highest BCUT2D eigenvalue weighted by Crippen LogP contribution is 2.38. The summed E-state index contributed by atoms with van der Waals surface area (Å²) in [5, 5.41) is 0. The molecule has 0 radical (unpaired) electrons. The highest BCUT2D eigenvalue weighted by molar-refractivity contribution is 5.46. The summed E-state index contributed by atoms with van der Waals surface area (Å²) in [6, 6.07) is 4.90. The van der Waals surface area contributed by atoms with Crippen LogP contribution in [0, 0.1) is 6.92 Å². The molecule has 0 heteroatoms. The van der Waals surface area contributed by atoms with Crippen LogP contribution in [0.1, 0.15) is 91.0 Å². The monoisotopic (exact) mass is 274 g/mol. The predicted octanol–water partition coefficient (Wildman–Crippen LogP) is 6.28. The van der Waals surface area contributed by atoms with Crippen molar-refractivity contribution in [1.29, 1.82) is 0 Å². The van der Waals surface area contributed by atoms with Gasteiger partial charge in [-0.05, 0) is 51.8 Å². The molecule has 0 bridgehead atoms. The van der Waals surface area contributed by atoms with Crippen LogP contribution in [0.25, 0.3) is 0 Å². The van der Waals surface area contributed by atoms with Crippen molar-refractivity contribution in [2.24, 2.45) is 0 Å².